The van der Waals surface area contributed by atoms with Crippen LogP contribution in [-0.4, -0.2) is 11.7 Å². The fourth-order valence-electron chi connectivity index (χ4n) is 3.22. The van der Waals surface area contributed by atoms with E-state index in [1.165, 1.54) is 0 Å². The summed E-state index contributed by atoms with van der Waals surface area (Å²) < 4.78 is 66.6. The summed E-state index contributed by atoms with van der Waals surface area (Å²) in [5.74, 6) is -12.9. The van der Waals surface area contributed by atoms with Crippen molar-refractivity contribution in [3.8, 4) is 0 Å². The van der Waals surface area contributed by atoms with Gasteiger partial charge in [0, 0.05) is 0 Å². The van der Waals surface area contributed by atoms with Crippen LogP contribution < -0.4 is 0 Å². The highest BCUT2D eigenvalue weighted by molar-refractivity contribution is 5.94. The Kier molecular flexibility index (Phi) is 4.77. The lowest BCUT2D eigenvalue weighted by Crippen LogP contribution is -2.23. The summed E-state index contributed by atoms with van der Waals surface area (Å²) in [6.45, 7) is 0. The molecule has 0 amide bonds. The highest BCUT2D eigenvalue weighted by Crippen LogP contribution is 2.36. The SMILES string of the molecule is O=C(ON=C1CC(c2ccc3ccccc3c2)C1)c1c(F)c(F)c(F)c(F)c1F. The van der Waals surface area contributed by atoms with Gasteiger partial charge in [-0.2, -0.15) is 0 Å². The van der Waals surface area contributed by atoms with Crippen LogP contribution in [-0.2, 0) is 4.84 Å². The highest BCUT2D eigenvalue weighted by atomic mass is 19.2. The van der Waals surface area contributed by atoms with Crippen molar-refractivity contribution < 1.29 is 31.6 Å². The largest absolute Gasteiger partial charge is 0.371 e. The van der Waals surface area contributed by atoms with Crippen LogP contribution in [0.15, 0.2) is 47.6 Å². The summed E-state index contributed by atoms with van der Waals surface area (Å²) >= 11 is 0. The van der Waals surface area contributed by atoms with E-state index in [-0.39, 0.29) is 5.92 Å². The summed E-state index contributed by atoms with van der Waals surface area (Å²) in [4.78, 5) is 16.2. The van der Waals surface area contributed by atoms with Crippen molar-refractivity contribution in [1.82, 2.24) is 0 Å². The number of rotatable bonds is 3. The molecule has 0 radical (unpaired) electrons. The van der Waals surface area contributed by atoms with E-state index in [2.05, 4.69) is 9.99 Å². The Hall–Kier alpha value is -3.29. The number of hydrogen-bond acceptors (Lipinski definition) is 3. The Morgan fingerprint density at radius 2 is 1.41 bits per heavy atom. The minimum atomic E-state index is -2.35. The minimum absolute atomic E-state index is 0.131. The van der Waals surface area contributed by atoms with Gasteiger partial charge in [0.15, 0.2) is 23.3 Å². The molecule has 29 heavy (non-hydrogen) atoms. The molecule has 0 atom stereocenters. The van der Waals surface area contributed by atoms with E-state index < -0.39 is 40.6 Å². The molecule has 0 aliphatic heterocycles. The molecule has 0 spiro atoms. The molecule has 0 heterocycles. The van der Waals surface area contributed by atoms with E-state index >= 15 is 0 Å². The maximum Gasteiger partial charge on any atom is 0.371 e. The molecule has 0 N–H and O–H groups in total. The molecule has 0 bridgehead atoms. The first-order chi connectivity index (χ1) is 13.9. The van der Waals surface area contributed by atoms with Crippen LogP contribution >= 0.6 is 0 Å². The molecule has 3 aromatic carbocycles. The van der Waals surface area contributed by atoms with Crippen molar-refractivity contribution in [2.75, 3.05) is 0 Å². The van der Waals surface area contributed by atoms with Gasteiger partial charge in [-0.1, -0.05) is 47.6 Å². The van der Waals surface area contributed by atoms with Crippen LogP contribution in [0.1, 0.15) is 34.7 Å². The molecule has 4 rings (SSSR count). The first-order valence-corrected chi connectivity index (χ1v) is 8.64. The molecule has 0 aromatic heterocycles. The number of nitrogens with zero attached hydrogens (tertiary/aromatic N) is 1. The number of oxime groups is 1. The number of fused-ring (bicyclic) bond motifs is 1. The van der Waals surface area contributed by atoms with Crippen molar-refractivity contribution in [3.63, 3.8) is 0 Å². The van der Waals surface area contributed by atoms with Crippen molar-refractivity contribution in [2.24, 2.45) is 5.16 Å². The van der Waals surface area contributed by atoms with Gasteiger partial charge in [0.05, 0.1) is 5.71 Å². The van der Waals surface area contributed by atoms with Gasteiger partial charge in [0.2, 0.25) is 5.82 Å². The average Bonchev–Trinajstić information content (AvgIpc) is 2.69. The Morgan fingerprint density at radius 3 is 2.07 bits per heavy atom. The van der Waals surface area contributed by atoms with Crippen LogP contribution in [0.3, 0.4) is 0 Å². The Labute approximate surface area is 161 Å². The third-order valence-electron chi connectivity index (χ3n) is 4.88. The molecule has 1 aliphatic rings. The second-order valence-corrected chi connectivity index (χ2v) is 6.69. The Morgan fingerprint density at radius 1 is 0.828 bits per heavy atom. The molecule has 3 nitrogen and oxygen atoms in total. The van der Waals surface area contributed by atoms with Gasteiger partial charge in [-0.15, -0.1) is 0 Å². The predicted molar refractivity (Wildman–Crippen MR) is 95.0 cm³/mol. The fraction of sp³-hybridized carbons (Fsp3) is 0.143. The second-order valence-electron chi connectivity index (χ2n) is 6.69. The van der Waals surface area contributed by atoms with Gasteiger partial charge >= 0.3 is 5.97 Å². The van der Waals surface area contributed by atoms with Crippen LogP contribution in [0.25, 0.3) is 10.8 Å². The van der Waals surface area contributed by atoms with E-state index in [1.54, 1.807) is 0 Å². The van der Waals surface area contributed by atoms with Crippen molar-refractivity contribution >= 4 is 22.5 Å². The van der Waals surface area contributed by atoms with Gasteiger partial charge in [-0.3, -0.25) is 0 Å². The first-order valence-electron chi connectivity index (χ1n) is 8.64. The molecule has 1 fully saturated rings. The third-order valence-corrected chi connectivity index (χ3v) is 4.88. The van der Waals surface area contributed by atoms with Crippen molar-refractivity contribution in [3.05, 3.63) is 82.7 Å². The second kappa shape index (κ2) is 7.27. The van der Waals surface area contributed by atoms with Crippen LogP contribution in [0.4, 0.5) is 22.0 Å². The van der Waals surface area contributed by atoms with E-state index in [1.807, 2.05) is 42.5 Å². The third kappa shape index (κ3) is 3.35. The zero-order valence-corrected chi connectivity index (χ0v) is 14.7. The van der Waals surface area contributed by atoms with E-state index in [4.69, 9.17) is 0 Å². The number of halogens is 5. The van der Waals surface area contributed by atoms with E-state index in [0.29, 0.717) is 18.6 Å². The summed E-state index contributed by atoms with van der Waals surface area (Å²) in [6.07, 6.45) is 0.894. The van der Waals surface area contributed by atoms with Gasteiger partial charge in [0.1, 0.15) is 5.56 Å². The topological polar surface area (TPSA) is 38.7 Å². The molecular formula is C21H12F5NO2. The Balaban J connectivity index is 1.46. The number of hydrogen-bond donors (Lipinski definition) is 0. The quantitative estimate of drug-likeness (QED) is 0.186. The molecule has 3 aromatic rings. The highest BCUT2D eigenvalue weighted by Gasteiger charge is 2.32. The maximum absolute atomic E-state index is 13.6. The van der Waals surface area contributed by atoms with Crippen molar-refractivity contribution in [2.45, 2.75) is 18.8 Å². The summed E-state index contributed by atoms with van der Waals surface area (Å²) in [5.41, 5.74) is -0.162. The van der Waals surface area contributed by atoms with Crippen LogP contribution in [0, 0.1) is 29.1 Å². The van der Waals surface area contributed by atoms with Gasteiger partial charge in [-0.05, 0) is 35.1 Å². The average molecular weight is 405 g/mol. The zero-order chi connectivity index (χ0) is 20.7. The van der Waals surface area contributed by atoms with Gasteiger partial charge in [-0.25, -0.2) is 26.7 Å². The predicted octanol–water partition coefficient (Wildman–Crippen LogP) is 5.63. The number of carbonyl (C=O) groups excluding carboxylic acids is 1. The summed E-state index contributed by atoms with van der Waals surface area (Å²) in [7, 11) is 0. The minimum Gasteiger partial charge on any atom is -0.313 e. The van der Waals surface area contributed by atoms with E-state index in [9.17, 15) is 26.7 Å². The monoisotopic (exact) mass is 405 g/mol. The zero-order valence-electron chi connectivity index (χ0n) is 14.7. The lowest BCUT2D eigenvalue weighted by atomic mass is 9.78. The normalized spacial score (nSPS) is 15.9. The summed E-state index contributed by atoms with van der Waals surface area (Å²) in [6, 6.07) is 13.8. The molecular weight excluding hydrogens is 393 g/mol. The number of carbonyl (C=O) groups is 1. The number of benzene rings is 3. The maximum atomic E-state index is 13.6. The molecule has 8 heteroatoms. The van der Waals surface area contributed by atoms with Gasteiger partial charge < -0.3 is 4.84 Å². The smallest absolute Gasteiger partial charge is 0.313 e. The summed E-state index contributed by atoms with van der Waals surface area (Å²) in [5, 5.41) is 5.68. The lowest BCUT2D eigenvalue weighted by molar-refractivity contribution is 0.0496. The van der Waals surface area contributed by atoms with Gasteiger partial charge in [0.25, 0.3) is 0 Å². The van der Waals surface area contributed by atoms with E-state index in [0.717, 1.165) is 16.3 Å². The fourth-order valence-corrected chi connectivity index (χ4v) is 3.22. The standard InChI is InChI=1S/C21H12F5NO2/c22-16-15(17(23)19(25)20(26)18(16)24)21(28)29-27-14-8-13(9-14)12-6-5-10-3-1-2-4-11(10)7-12/h1-7,13H,8-9H2. The molecule has 0 saturated heterocycles. The molecule has 1 saturated carbocycles. The lowest BCUT2D eigenvalue weighted by Gasteiger charge is -2.27. The van der Waals surface area contributed by atoms with Crippen LogP contribution in [0.5, 0.6) is 0 Å². The molecule has 0 unspecified atom stereocenters. The first kappa shape index (κ1) is 19.0. The van der Waals surface area contributed by atoms with Crippen LogP contribution in [0.2, 0.25) is 0 Å². The molecule has 1 aliphatic carbocycles. The van der Waals surface area contributed by atoms with Crippen molar-refractivity contribution in [1.29, 1.82) is 0 Å². The molecule has 148 valence electrons. The Bertz CT molecular complexity index is 1140.